The van der Waals surface area contributed by atoms with E-state index in [2.05, 4.69) is 21.2 Å². The number of hydrogen-bond acceptors (Lipinski definition) is 2. The van der Waals surface area contributed by atoms with Gasteiger partial charge in [-0.2, -0.15) is 0 Å². The zero-order valence-electron chi connectivity index (χ0n) is 9.38. The third-order valence-electron chi connectivity index (χ3n) is 2.77. The fourth-order valence-corrected chi connectivity index (χ4v) is 2.28. The first kappa shape index (κ1) is 12.5. The fourth-order valence-electron chi connectivity index (χ4n) is 1.85. The summed E-state index contributed by atoms with van der Waals surface area (Å²) in [6, 6.07) is 4.85. The molecule has 1 aliphatic heterocycles. The van der Waals surface area contributed by atoms with Crippen LogP contribution in [-0.2, 0) is 11.3 Å². The van der Waals surface area contributed by atoms with E-state index in [1.165, 1.54) is 6.07 Å². The van der Waals surface area contributed by atoms with E-state index >= 15 is 0 Å². The molecule has 0 atom stereocenters. The van der Waals surface area contributed by atoms with Crippen molar-refractivity contribution in [3.05, 3.63) is 34.1 Å². The molecule has 92 valence electrons. The molecule has 0 spiro atoms. The highest BCUT2D eigenvalue weighted by Gasteiger charge is 2.16. The minimum absolute atomic E-state index is 0.1000. The van der Waals surface area contributed by atoms with Gasteiger partial charge in [0, 0.05) is 13.1 Å². The number of amides is 1. The number of carbonyl (C=O) groups is 1. The second kappa shape index (κ2) is 5.60. The van der Waals surface area contributed by atoms with E-state index in [1.807, 2.05) is 0 Å². The van der Waals surface area contributed by atoms with Crippen molar-refractivity contribution in [2.45, 2.75) is 13.0 Å². The van der Waals surface area contributed by atoms with Crippen molar-refractivity contribution in [2.75, 3.05) is 19.6 Å². The Kier molecular flexibility index (Phi) is 4.12. The number of nitrogens with zero attached hydrogens (tertiary/aromatic N) is 1. The van der Waals surface area contributed by atoms with Gasteiger partial charge < -0.3 is 10.2 Å². The fraction of sp³-hybridized carbons (Fsp3) is 0.417. The molecule has 3 nitrogen and oxygen atoms in total. The SMILES string of the molecule is O=C1CNCCCN1Cc1ccc(F)c(Br)c1. The smallest absolute Gasteiger partial charge is 0.236 e. The van der Waals surface area contributed by atoms with E-state index < -0.39 is 0 Å². The van der Waals surface area contributed by atoms with E-state index in [0.29, 0.717) is 17.6 Å². The summed E-state index contributed by atoms with van der Waals surface area (Å²) in [7, 11) is 0. The van der Waals surface area contributed by atoms with Gasteiger partial charge in [-0.15, -0.1) is 0 Å². The third-order valence-corrected chi connectivity index (χ3v) is 3.38. The van der Waals surface area contributed by atoms with Gasteiger partial charge >= 0.3 is 0 Å². The maximum atomic E-state index is 13.1. The van der Waals surface area contributed by atoms with Crippen molar-refractivity contribution >= 4 is 21.8 Å². The Morgan fingerprint density at radius 2 is 2.29 bits per heavy atom. The van der Waals surface area contributed by atoms with Crippen LogP contribution in [0.2, 0.25) is 0 Å². The van der Waals surface area contributed by atoms with Gasteiger partial charge in [0.1, 0.15) is 5.82 Å². The van der Waals surface area contributed by atoms with Crippen molar-refractivity contribution in [3.8, 4) is 0 Å². The highest BCUT2D eigenvalue weighted by Crippen LogP contribution is 2.18. The topological polar surface area (TPSA) is 32.3 Å². The lowest BCUT2D eigenvalue weighted by Crippen LogP contribution is -2.34. The minimum atomic E-state index is -0.280. The molecule has 2 rings (SSSR count). The van der Waals surface area contributed by atoms with Gasteiger partial charge in [0.15, 0.2) is 0 Å². The Morgan fingerprint density at radius 1 is 1.47 bits per heavy atom. The molecular formula is C12H14BrFN2O. The van der Waals surface area contributed by atoms with E-state index in [9.17, 15) is 9.18 Å². The molecule has 0 aromatic heterocycles. The number of benzene rings is 1. The Labute approximate surface area is 108 Å². The predicted octanol–water partition coefficient (Wildman–Crippen LogP) is 1.91. The molecule has 0 aliphatic carbocycles. The summed E-state index contributed by atoms with van der Waals surface area (Å²) < 4.78 is 13.5. The summed E-state index contributed by atoms with van der Waals surface area (Å²) in [6.45, 7) is 2.55. The van der Waals surface area contributed by atoms with E-state index in [0.717, 1.165) is 25.1 Å². The molecule has 1 aromatic carbocycles. The van der Waals surface area contributed by atoms with Crippen LogP contribution in [0.3, 0.4) is 0 Å². The summed E-state index contributed by atoms with van der Waals surface area (Å²) in [5.41, 5.74) is 0.938. The summed E-state index contributed by atoms with van der Waals surface area (Å²) in [6.07, 6.45) is 0.952. The molecule has 0 radical (unpaired) electrons. The van der Waals surface area contributed by atoms with Crippen LogP contribution in [-0.4, -0.2) is 30.4 Å². The minimum Gasteiger partial charge on any atom is -0.337 e. The van der Waals surface area contributed by atoms with E-state index in [-0.39, 0.29) is 11.7 Å². The van der Waals surface area contributed by atoms with Crippen molar-refractivity contribution in [3.63, 3.8) is 0 Å². The van der Waals surface area contributed by atoms with Crippen LogP contribution in [0, 0.1) is 5.82 Å². The molecule has 1 saturated heterocycles. The highest BCUT2D eigenvalue weighted by molar-refractivity contribution is 9.10. The zero-order valence-corrected chi connectivity index (χ0v) is 11.0. The lowest BCUT2D eigenvalue weighted by molar-refractivity contribution is -0.130. The molecular weight excluding hydrogens is 287 g/mol. The Balaban J connectivity index is 2.08. The van der Waals surface area contributed by atoms with E-state index in [4.69, 9.17) is 0 Å². The zero-order chi connectivity index (χ0) is 12.3. The molecule has 0 saturated carbocycles. The summed E-state index contributed by atoms with van der Waals surface area (Å²) in [5, 5.41) is 3.07. The van der Waals surface area contributed by atoms with Crippen LogP contribution < -0.4 is 5.32 Å². The van der Waals surface area contributed by atoms with Crippen molar-refractivity contribution < 1.29 is 9.18 Å². The summed E-state index contributed by atoms with van der Waals surface area (Å²) >= 11 is 3.15. The monoisotopic (exact) mass is 300 g/mol. The number of rotatable bonds is 2. The normalized spacial score (nSPS) is 17.1. The van der Waals surface area contributed by atoms with Crippen molar-refractivity contribution in [1.29, 1.82) is 0 Å². The van der Waals surface area contributed by atoms with Gasteiger partial charge in [-0.3, -0.25) is 4.79 Å². The molecule has 0 bridgehead atoms. The molecule has 1 N–H and O–H groups in total. The number of nitrogens with one attached hydrogen (secondary N) is 1. The van der Waals surface area contributed by atoms with Crippen LogP contribution in [0.25, 0.3) is 0 Å². The maximum absolute atomic E-state index is 13.1. The summed E-state index contributed by atoms with van der Waals surface area (Å²) in [4.78, 5) is 13.6. The molecule has 1 aromatic rings. The average Bonchev–Trinajstić information content (AvgIpc) is 2.50. The first-order valence-corrected chi connectivity index (χ1v) is 6.38. The highest BCUT2D eigenvalue weighted by atomic mass is 79.9. The Bertz CT molecular complexity index is 425. The first-order chi connectivity index (χ1) is 8.16. The van der Waals surface area contributed by atoms with Gasteiger partial charge in [0.05, 0.1) is 11.0 Å². The average molecular weight is 301 g/mol. The van der Waals surface area contributed by atoms with Gasteiger partial charge in [0.25, 0.3) is 0 Å². The quantitative estimate of drug-likeness (QED) is 0.905. The molecule has 1 aliphatic rings. The lowest BCUT2D eigenvalue weighted by Gasteiger charge is -2.20. The Morgan fingerprint density at radius 3 is 3.06 bits per heavy atom. The summed E-state index contributed by atoms with van der Waals surface area (Å²) in [5.74, 6) is -0.180. The first-order valence-electron chi connectivity index (χ1n) is 5.59. The van der Waals surface area contributed by atoms with Crippen LogP contribution >= 0.6 is 15.9 Å². The van der Waals surface area contributed by atoms with Crippen LogP contribution in [0.15, 0.2) is 22.7 Å². The molecule has 1 heterocycles. The predicted molar refractivity (Wildman–Crippen MR) is 67.0 cm³/mol. The number of halogens is 2. The van der Waals surface area contributed by atoms with E-state index in [1.54, 1.807) is 17.0 Å². The second-order valence-corrected chi connectivity index (χ2v) is 4.95. The molecule has 0 unspecified atom stereocenters. The Hall–Kier alpha value is -0.940. The van der Waals surface area contributed by atoms with Crippen molar-refractivity contribution in [2.24, 2.45) is 0 Å². The van der Waals surface area contributed by atoms with Crippen molar-refractivity contribution in [1.82, 2.24) is 10.2 Å². The van der Waals surface area contributed by atoms with Crippen LogP contribution in [0.1, 0.15) is 12.0 Å². The van der Waals surface area contributed by atoms with Crippen LogP contribution in [0.5, 0.6) is 0 Å². The number of carbonyl (C=O) groups excluding carboxylic acids is 1. The lowest BCUT2D eigenvalue weighted by atomic mass is 10.2. The van der Waals surface area contributed by atoms with Gasteiger partial charge in [0.2, 0.25) is 5.91 Å². The molecule has 1 fully saturated rings. The van der Waals surface area contributed by atoms with Crippen LogP contribution in [0.4, 0.5) is 4.39 Å². The molecule has 1 amide bonds. The maximum Gasteiger partial charge on any atom is 0.236 e. The largest absolute Gasteiger partial charge is 0.337 e. The van der Waals surface area contributed by atoms with Gasteiger partial charge in [-0.25, -0.2) is 4.39 Å². The molecule has 17 heavy (non-hydrogen) atoms. The standard InChI is InChI=1S/C12H14BrFN2O/c13-10-6-9(2-3-11(10)14)8-16-5-1-4-15-7-12(16)17/h2-3,6,15H,1,4-5,7-8H2. The molecule has 5 heteroatoms. The second-order valence-electron chi connectivity index (χ2n) is 4.09. The van der Waals surface area contributed by atoms with Gasteiger partial charge in [-0.1, -0.05) is 6.07 Å². The third kappa shape index (κ3) is 3.26. The van der Waals surface area contributed by atoms with Gasteiger partial charge in [-0.05, 0) is 46.6 Å². The number of hydrogen-bond donors (Lipinski definition) is 1.